The first-order valence-corrected chi connectivity index (χ1v) is 13.4. The second-order valence-corrected chi connectivity index (χ2v) is 10.9. The Balaban J connectivity index is 1.25. The molecule has 8 heteroatoms. The van der Waals surface area contributed by atoms with Gasteiger partial charge in [-0.1, -0.05) is 60.7 Å². The summed E-state index contributed by atoms with van der Waals surface area (Å²) in [5.74, 6) is 0.100. The highest BCUT2D eigenvalue weighted by atomic mass is 32.2. The molecule has 7 nitrogen and oxygen atoms in total. The molecule has 0 unspecified atom stereocenters. The number of benzene rings is 2. The van der Waals surface area contributed by atoms with Crippen LogP contribution in [0.5, 0.6) is 0 Å². The lowest BCUT2D eigenvalue weighted by molar-refractivity contribution is 0.0952. The summed E-state index contributed by atoms with van der Waals surface area (Å²) >= 11 is 0. The van der Waals surface area contributed by atoms with Crippen molar-refractivity contribution in [3.8, 4) is 0 Å². The van der Waals surface area contributed by atoms with Gasteiger partial charge in [0.2, 0.25) is 10.0 Å². The van der Waals surface area contributed by atoms with E-state index in [0.717, 1.165) is 35.0 Å². The minimum Gasteiger partial charge on any atom is -0.348 e. The Kier molecular flexibility index (Phi) is 6.66. The zero-order valence-electron chi connectivity index (χ0n) is 19.4. The van der Waals surface area contributed by atoms with Crippen LogP contribution in [-0.2, 0) is 22.3 Å². The summed E-state index contributed by atoms with van der Waals surface area (Å²) in [5.41, 5.74) is 4.24. The summed E-state index contributed by atoms with van der Waals surface area (Å²) in [6, 6.07) is 23.1. The highest BCUT2D eigenvalue weighted by Gasteiger charge is 2.29. The summed E-state index contributed by atoms with van der Waals surface area (Å²) < 4.78 is 29.1. The monoisotopic (exact) mass is 488 g/mol. The number of carbonyl (C=O) groups is 1. The van der Waals surface area contributed by atoms with Crippen molar-refractivity contribution in [2.45, 2.75) is 31.1 Å². The van der Waals surface area contributed by atoms with Gasteiger partial charge in [0.15, 0.2) is 0 Å². The van der Waals surface area contributed by atoms with Gasteiger partial charge in [0, 0.05) is 25.8 Å². The second-order valence-electron chi connectivity index (χ2n) is 8.93. The summed E-state index contributed by atoms with van der Waals surface area (Å²) in [7, 11) is -3.35. The lowest BCUT2D eigenvalue weighted by Gasteiger charge is -2.31. The fraction of sp³-hybridized carbons (Fsp3) is 0.259. The van der Waals surface area contributed by atoms with E-state index in [1.54, 1.807) is 15.0 Å². The largest absolute Gasteiger partial charge is 0.348 e. The Labute approximate surface area is 205 Å². The molecule has 0 bridgehead atoms. The van der Waals surface area contributed by atoms with Crippen LogP contribution in [0.15, 0.2) is 85.2 Å². The number of nitrogens with zero attached hydrogens (tertiary/aromatic N) is 3. The molecule has 0 radical (unpaired) electrons. The SMILES string of the molecule is O=C(NCc1ccccc1)c1cnn2ccc(C3CCN(S(=O)(=O)Cc4ccccc4)CC3)cc12. The van der Waals surface area contributed by atoms with E-state index in [0.29, 0.717) is 25.2 Å². The third-order valence-corrected chi connectivity index (χ3v) is 8.45. The van der Waals surface area contributed by atoms with Gasteiger partial charge in [0.25, 0.3) is 5.91 Å². The van der Waals surface area contributed by atoms with Gasteiger partial charge in [0.1, 0.15) is 0 Å². The zero-order chi connectivity index (χ0) is 24.3. The van der Waals surface area contributed by atoms with Gasteiger partial charge in [-0.25, -0.2) is 17.2 Å². The molecule has 1 aliphatic rings. The van der Waals surface area contributed by atoms with Gasteiger partial charge >= 0.3 is 0 Å². The molecule has 180 valence electrons. The van der Waals surface area contributed by atoms with E-state index in [1.165, 1.54) is 0 Å². The molecule has 5 rings (SSSR count). The fourth-order valence-corrected chi connectivity index (χ4v) is 6.21. The lowest BCUT2D eigenvalue weighted by Crippen LogP contribution is -2.38. The number of rotatable bonds is 7. The van der Waals surface area contributed by atoms with Gasteiger partial charge in [-0.05, 0) is 47.6 Å². The average molecular weight is 489 g/mol. The molecular formula is C27H28N4O3S. The number of hydrogen-bond acceptors (Lipinski definition) is 4. The number of hydrogen-bond donors (Lipinski definition) is 1. The number of pyridine rings is 1. The molecule has 1 aliphatic heterocycles. The topological polar surface area (TPSA) is 83.8 Å². The molecule has 1 N–H and O–H groups in total. The smallest absolute Gasteiger partial charge is 0.255 e. The van der Waals surface area contributed by atoms with Crippen LogP contribution in [0.4, 0.5) is 0 Å². The summed E-state index contributed by atoms with van der Waals surface area (Å²) in [4.78, 5) is 12.8. The molecule has 0 aliphatic carbocycles. The predicted molar refractivity (Wildman–Crippen MR) is 135 cm³/mol. The molecule has 4 aromatic rings. The predicted octanol–water partition coefficient (Wildman–Crippen LogP) is 3.97. The Bertz CT molecular complexity index is 1410. The number of amides is 1. The van der Waals surface area contributed by atoms with Crippen LogP contribution in [0.25, 0.3) is 5.52 Å². The highest BCUT2D eigenvalue weighted by Crippen LogP contribution is 2.31. The van der Waals surface area contributed by atoms with Crippen LogP contribution in [0.1, 0.15) is 45.8 Å². The highest BCUT2D eigenvalue weighted by molar-refractivity contribution is 7.88. The summed E-state index contributed by atoms with van der Waals surface area (Å²) in [6.45, 7) is 1.44. The number of piperidine rings is 1. The minimum atomic E-state index is -3.35. The average Bonchev–Trinajstić information content (AvgIpc) is 3.32. The number of aromatic nitrogens is 2. The Morgan fingerprint density at radius 1 is 0.943 bits per heavy atom. The van der Waals surface area contributed by atoms with Crippen LogP contribution in [0.2, 0.25) is 0 Å². The number of carbonyl (C=O) groups excluding carboxylic acids is 1. The number of nitrogens with one attached hydrogen (secondary N) is 1. The second kappa shape index (κ2) is 10.0. The van der Waals surface area contributed by atoms with E-state index < -0.39 is 10.0 Å². The van der Waals surface area contributed by atoms with Gasteiger partial charge in [-0.3, -0.25) is 4.79 Å². The van der Waals surface area contributed by atoms with Crippen molar-refractivity contribution in [2.75, 3.05) is 13.1 Å². The van der Waals surface area contributed by atoms with Crippen molar-refractivity contribution >= 4 is 21.4 Å². The van der Waals surface area contributed by atoms with E-state index in [4.69, 9.17) is 0 Å². The molecule has 0 spiro atoms. The Morgan fingerprint density at radius 2 is 1.60 bits per heavy atom. The van der Waals surface area contributed by atoms with Crippen LogP contribution in [0, 0.1) is 0 Å². The summed E-state index contributed by atoms with van der Waals surface area (Å²) in [5, 5.41) is 7.30. The van der Waals surface area contributed by atoms with Crippen LogP contribution >= 0.6 is 0 Å². The van der Waals surface area contributed by atoms with Gasteiger partial charge < -0.3 is 5.32 Å². The van der Waals surface area contributed by atoms with E-state index in [9.17, 15) is 13.2 Å². The van der Waals surface area contributed by atoms with Crippen molar-refractivity contribution in [3.63, 3.8) is 0 Å². The van der Waals surface area contributed by atoms with E-state index in [2.05, 4.69) is 10.4 Å². The molecular weight excluding hydrogens is 460 g/mol. The molecule has 0 atom stereocenters. The lowest BCUT2D eigenvalue weighted by atomic mass is 9.90. The molecule has 2 aromatic carbocycles. The van der Waals surface area contributed by atoms with E-state index in [-0.39, 0.29) is 17.6 Å². The minimum absolute atomic E-state index is 0.0295. The van der Waals surface area contributed by atoms with Crippen LogP contribution in [-0.4, -0.2) is 41.3 Å². The van der Waals surface area contributed by atoms with Crippen molar-refractivity contribution in [1.82, 2.24) is 19.2 Å². The van der Waals surface area contributed by atoms with E-state index in [1.807, 2.05) is 79.0 Å². The van der Waals surface area contributed by atoms with Crippen molar-refractivity contribution in [3.05, 3.63) is 107 Å². The van der Waals surface area contributed by atoms with Crippen molar-refractivity contribution < 1.29 is 13.2 Å². The van der Waals surface area contributed by atoms with E-state index >= 15 is 0 Å². The molecule has 1 saturated heterocycles. The van der Waals surface area contributed by atoms with Gasteiger partial charge in [-0.2, -0.15) is 5.10 Å². The first kappa shape index (κ1) is 23.3. The standard InChI is InChI=1S/C27H28N4O3S/c32-27(28-18-21-7-3-1-4-8-21)25-19-29-31-16-13-24(17-26(25)31)23-11-14-30(15-12-23)35(33,34)20-22-9-5-2-6-10-22/h1-10,13,16-17,19,23H,11-12,14-15,18,20H2,(H,28,32). The summed E-state index contributed by atoms with van der Waals surface area (Å²) in [6.07, 6.45) is 4.96. The Morgan fingerprint density at radius 3 is 2.29 bits per heavy atom. The molecule has 3 heterocycles. The quantitative estimate of drug-likeness (QED) is 0.427. The zero-order valence-corrected chi connectivity index (χ0v) is 20.2. The Hall–Kier alpha value is -3.49. The number of fused-ring (bicyclic) bond motifs is 1. The maximum atomic E-state index is 12.9. The van der Waals surface area contributed by atoms with Crippen molar-refractivity contribution in [2.24, 2.45) is 0 Å². The third-order valence-electron chi connectivity index (χ3n) is 6.60. The molecule has 1 fully saturated rings. The molecule has 2 aromatic heterocycles. The van der Waals surface area contributed by atoms with Crippen LogP contribution < -0.4 is 5.32 Å². The number of sulfonamides is 1. The van der Waals surface area contributed by atoms with Crippen LogP contribution in [0.3, 0.4) is 0 Å². The molecule has 0 saturated carbocycles. The molecule has 35 heavy (non-hydrogen) atoms. The maximum absolute atomic E-state index is 12.9. The van der Waals surface area contributed by atoms with Gasteiger partial charge in [-0.15, -0.1) is 0 Å². The first-order valence-electron chi connectivity index (χ1n) is 11.8. The fourth-order valence-electron chi connectivity index (χ4n) is 4.64. The van der Waals surface area contributed by atoms with Crippen molar-refractivity contribution in [1.29, 1.82) is 0 Å². The molecule has 1 amide bonds. The normalized spacial score (nSPS) is 15.3. The third kappa shape index (κ3) is 5.28. The first-order chi connectivity index (χ1) is 17.0. The maximum Gasteiger partial charge on any atom is 0.255 e. The van der Waals surface area contributed by atoms with Gasteiger partial charge in [0.05, 0.1) is 23.0 Å².